The van der Waals surface area contributed by atoms with Gasteiger partial charge in [-0.2, -0.15) is 0 Å². The first-order chi connectivity index (χ1) is 10.4. The smallest absolute Gasteiger partial charge is 0.358 e. The third kappa shape index (κ3) is 2.87. The number of halogens is 2. The van der Waals surface area contributed by atoms with Crippen LogP contribution in [0.2, 0.25) is 0 Å². The summed E-state index contributed by atoms with van der Waals surface area (Å²) in [5, 5.41) is 11.7. The molecule has 1 aliphatic rings. The maximum absolute atomic E-state index is 13.3. The molecule has 2 heterocycles. The number of carboxylic acid groups (broad SMARTS) is 1. The van der Waals surface area contributed by atoms with Crippen LogP contribution in [0.3, 0.4) is 0 Å². The van der Waals surface area contributed by atoms with Gasteiger partial charge in [-0.1, -0.05) is 0 Å². The number of nitrogens with zero attached hydrogens (tertiary/aromatic N) is 3. The Bertz CT molecular complexity index is 717. The van der Waals surface area contributed by atoms with Crippen LogP contribution in [0.25, 0.3) is 0 Å². The second-order valence-corrected chi connectivity index (χ2v) is 4.92. The molecule has 2 N–H and O–H groups in total. The van der Waals surface area contributed by atoms with Crippen LogP contribution in [0.4, 0.5) is 14.6 Å². The Morgan fingerprint density at radius 1 is 1.41 bits per heavy atom. The van der Waals surface area contributed by atoms with Gasteiger partial charge >= 0.3 is 5.97 Å². The van der Waals surface area contributed by atoms with Gasteiger partial charge in [-0.15, -0.1) is 0 Å². The van der Waals surface area contributed by atoms with E-state index in [1.807, 2.05) is 0 Å². The van der Waals surface area contributed by atoms with Crippen molar-refractivity contribution in [1.29, 1.82) is 0 Å². The van der Waals surface area contributed by atoms with Gasteiger partial charge in [0.2, 0.25) is 5.89 Å². The van der Waals surface area contributed by atoms with Crippen LogP contribution in [0, 0.1) is 0 Å². The van der Waals surface area contributed by atoms with E-state index in [1.54, 1.807) is 0 Å². The summed E-state index contributed by atoms with van der Waals surface area (Å²) in [5.74, 6) is -3.24. The molecule has 0 saturated carbocycles. The number of aryl methyl sites for hydroxylation is 1. The SMILES string of the molecule is O=C(O)c1nccnc1NCc1nc2c(o1)CCC(F)(F)C2. The summed E-state index contributed by atoms with van der Waals surface area (Å²) >= 11 is 0. The normalized spacial score (nSPS) is 16.1. The van der Waals surface area contributed by atoms with Gasteiger partial charge in [0.1, 0.15) is 5.76 Å². The Morgan fingerprint density at radius 3 is 2.95 bits per heavy atom. The van der Waals surface area contributed by atoms with Crippen molar-refractivity contribution < 1.29 is 23.1 Å². The molecule has 1 aliphatic carbocycles. The van der Waals surface area contributed by atoms with E-state index in [9.17, 15) is 13.6 Å². The number of fused-ring (bicyclic) bond motifs is 1. The fourth-order valence-electron chi connectivity index (χ4n) is 2.26. The number of nitrogens with one attached hydrogen (secondary N) is 1. The molecule has 0 unspecified atom stereocenters. The number of anilines is 1. The maximum atomic E-state index is 13.3. The summed E-state index contributed by atoms with van der Waals surface area (Å²) in [7, 11) is 0. The van der Waals surface area contributed by atoms with Gasteiger partial charge in [0, 0.05) is 25.2 Å². The Hall–Kier alpha value is -2.58. The average molecular weight is 310 g/mol. The average Bonchev–Trinajstić information content (AvgIpc) is 2.86. The first-order valence-electron chi connectivity index (χ1n) is 6.58. The van der Waals surface area contributed by atoms with Crippen molar-refractivity contribution in [1.82, 2.24) is 15.0 Å². The van der Waals surface area contributed by atoms with Crippen LogP contribution in [0.1, 0.15) is 34.3 Å². The number of hydrogen-bond acceptors (Lipinski definition) is 6. The zero-order chi connectivity index (χ0) is 15.7. The number of carbonyl (C=O) groups is 1. The van der Waals surface area contributed by atoms with Crippen molar-refractivity contribution in [3.8, 4) is 0 Å². The van der Waals surface area contributed by atoms with E-state index >= 15 is 0 Å². The highest BCUT2D eigenvalue weighted by Gasteiger charge is 2.37. The molecule has 0 aromatic carbocycles. The van der Waals surface area contributed by atoms with E-state index in [1.165, 1.54) is 12.4 Å². The lowest BCUT2D eigenvalue weighted by Crippen LogP contribution is -2.25. The number of carboxylic acids is 1. The lowest BCUT2D eigenvalue weighted by atomic mass is 9.98. The van der Waals surface area contributed by atoms with E-state index in [2.05, 4.69) is 20.3 Å². The standard InChI is InChI=1S/C13H12F2N4O3/c14-13(15)2-1-8-7(5-13)19-9(22-8)6-18-11-10(12(20)21)16-3-4-17-11/h3-4H,1-2,5-6H2,(H,17,18)(H,20,21). The molecule has 0 amide bonds. The summed E-state index contributed by atoms with van der Waals surface area (Å²) in [5.41, 5.74) is 0.0241. The van der Waals surface area contributed by atoms with Crippen LogP contribution >= 0.6 is 0 Å². The van der Waals surface area contributed by atoms with Crippen LogP contribution in [-0.4, -0.2) is 32.0 Å². The van der Waals surface area contributed by atoms with Crippen molar-refractivity contribution in [2.45, 2.75) is 31.7 Å². The first-order valence-corrected chi connectivity index (χ1v) is 6.58. The zero-order valence-electron chi connectivity index (χ0n) is 11.3. The highest BCUT2D eigenvalue weighted by Crippen LogP contribution is 2.33. The van der Waals surface area contributed by atoms with E-state index in [-0.39, 0.29) is 42.5 Å². The largest absolute Gasteiger partial charge is 0.476 e. The molecule has 0 bridgehead atoms. The van der Waals surface area contributed by atoms with Crippen LogP contribution in [0.5, 0.6) is 0 Å². The molecule has 116 valence electrons. The highest BCUT2D eigenvalue weighted by atomic mass is 19.3. The lowest BCUT2D eigenvalue weighted by molar-refractivity contribution is -0.0152. The zero-order valence-corrected chi connectivity index (χ0v) is 11.3. The van der Waals surface area contributed by atoms with E-state index < -0.39 is 18.3 Å². The summed E-state index contributed by atoms with van der Waals surface area (Å²) in [4.78, 5) is 22.6. The maximum Gasteiger partial charge on any atom is 0.358 e. The second-order valence-electron chi connectivity index (χ2n) is 4.92. The topological polar surface area (TPSA) is 101 Å². The number of oxazole rings is 1. The lowest BCUT2D eigenvalue weighted by Gasteiger charge is -2.18. The first kappa shape index (κ1) is 14.4. The van der Waals surface area contributed by atoms with Gasteiger partial charge < -0.3 is 14.8 Å². The molecule has 0 spiro atoms. The fraction of sp³-hybridized carbons (Fsp3) is 0.385. The molecule has 0 aliphatic heterocycles. The van der Waals surface area contributed by atoms with Crippen LogP contribution in [-0.2, 0) is 19.4 Å². The molecule has 2 aromatic rings. The van der Waals surface area contributed by atoms with Crippen molar-refractivity contribution in [2.75, 3.05) is 5.32 Å². The minimum absolute atomic E-state index is 0.0392. The third-order valence-electron chi connectivity index (χ3n) is 3.27. The molecule has 22 heavy (non-hydrogen) atoms. The number of rotatable bonds is 4. The van der Waals surface area contributed by atoms with Gasteiger partial charge in [-0.05, 0) is 0 Å². The van der Waals surface area contributed by atoms with Crippen LogP contribution < -0.4 is 5.32 Å². The molecular formula is C13H12F2N4O3. The Morgan fingerprint density at radius 2 is 2.18 bits per heavy atom. The molecule has 2 aromatic heterocycles. The van der Waals surface area contributed by atoms with Gasteiger partial charge in [0.05, 0.1) is 18.7 Å². The second kappa shape index (κ2) is 5.32. The summed E-state index contributed by atoms with van der Waals surface area (Å²) < 4.78 is 32.0. The molecule has 0 saturated heterocycles. The Kier molecular flexibility index (Phi) is 3.47. The number of alkyl halides is 2. The molecule has 0 fully saturated rings. The van der Waals surface area contributed by atoms with E-state index in [0.29, 0.717) is 5.76 Å². The van der Waals surface area contributed by atoms with Crippen LogP contribution in [0.15, 0.2) is 16.8 Å². The summed E-state index contributed by atoms with van der Waals surface area (Å²) in [6.07, 6.45) is 2.06. The van der Waals surface area contributed by atoms with Gasteiger partial charge in [0.15, 0.2) is 11.5 Å². The molecule has 7 nitrogen and oxygen atoms in total. The quantitative estimate of drug-likeness (QED) is 0.889. The Balaban J connectivity index is 1.73. The fourth-order valence-corrected chi connectivity index (χ4v) is 2.26. The molecule has 3 rings (SSSR count). The molecule has 9 heteroatoms. The molecular weight excluding hydrogens is 298 g/mol. The Labute approximate surface area is 123 Å². The van der Waals surface area contributed by atoms with Crippen molar-refractivity contribution in [3.05, 3.63) is 35.4 Å². The third-order valence-corrected chi connectivity index (χ3v) is 3.27. The minimum Gasteiger partial charge on any atom is -0.476 e. The predicted octanol–water partition coefficient (Wildman–Crippen LogP) is 1.90. The number of aromatic carboxylic acids is 1. The van der Waals surface area contributed by atoms with Crippen molar-refractivity contribution in [3.63, 3.8) is 0 Å². The molecule has 0 radical (unpaired) electrons. The summed E-state index contributed by atoms with van der Waals surface area (Å²) in [6.45, 7) is 0.0392. The highest BCUT2D eigenvalue weighted by molar-refractivity contribution is 5.90. The minimum atomic E-state index is -2.75. The predicted molar refractivity (Wildman–Crippen MR) is 69.8 cm³/mol. The number of aromatic nitrogens is 3. The number of hydrogen-bond donors (Lipinski definition) is 2. The van der Waals surface area contributed by atoms with E-state index in [0.717, 1.165) is 0 Å². The van der Waals surface area contributed by atoms with E-state index in [4.69, 9.17) is 9.52 Å². The van der Waals surface area contributed by atoms with Gasteiger partial charge in [-0.3, -0.25) is 0 Å². The van der Waals surface area contributed by atoms with Crippen molar-refractivity contribution in [2.24, 2.45) is 0 Å². The summed E-state index contributed by atoms with van der Waals surface area (Å²) in [6, 6.07) is 0. The van der Waals surface area contributed by atoms with Crippen molar-refractivity contribution >= 4 is 11.8 Å². The molecule has 0 atom stereocenters. The van der Waals surface area contributed by atoms with Gasteiger partial charge in [-0.25, -0.2) is 28.5 Å². The van der Waals surface area contributed by atoms with Gasteiger partial charge in [0.25, 0.3) is 5.92 Å². The monoisotopic (exact) mass is 310 g/mol.